The molecule has 0 bridgehead atoms. The molecule has 11 unspecified atom stereocenters. The smallest absolute Gasteiger partial charge is 0.242 e. The van der Waals surface area contributed by atoms with Gasteiger partial charge in [0.15, 0.2) is 0 Å². The minimum Gasteiger partial charge on any atom is -0.380 e. The van der Waals surface area contributed by atoms with Crippen LogP contribution in [0.5, 0.6) is 0 Å². The monoisotopic (exact) mass is 558 g/mol. The molecule has 0 aromatic rings. The molecule has 2 amide bonds. The van der Waals surface area contributed by atoms with E-state index in [9.17, 15) is 9.59 Å². The van der Waals surface area contributed by atoms with E-state index in [-0.39, 0.29) is 70.1 Å². The van der Waals surface area contributed by atoms with Gasteiger partial charge in [-0.15, -0.1) is 23.4 Å². The average molecular weight is 559 g/mol. The maximum absolute atomic E-state index is 13.6. The lowest BCUT2D eigenvalue weighted by Gasteiger charge is -2.45. The van der Waals surface area contributed by atoms with Crippen LogP contribution in [0.1, 0.15) is 32.6 Å². The van der Waals surface area contributed by atoms with Crippen LogP contribution in [0.4, 0.5) is 0 Å². The Labute approximate surface area is 229 Å². The number of nitrogens with zero attached hydrogens (tertiary/aromatic N) is 1. The maximum atomic E-state index is 13.6. The van der Waals surface area contributed by atoms with Gasteiger partial charge in [0.05, 0.1) is 23.6 Å². The first kappa shape index (κ1) is 27.9. The number of amides is 2. The van der Waals surface area contributed by atoms with Crippen LogP contribution < -0.4 is 26.6 Å². The van der Waals surface area contributed by atoms with E-state index in [1.54, 1.807) is 26.0 Å². The zero-order chi connectivity index (χ0) is 26.1. The standard InChI is InChI=1S/C25H43ClN6O4S/c1-13-7-14(15-8-21(26)29-10-19(15)36-3)16(9-28-13)23(33)31-25-30-17-11-32(12-20(17)37-25)24(34)22-18(35-2)5-4-6-27-22/h13-22,25,27-30H,4-12H2,1-3H3,(H,31,33). The Kier molecular flexibility index (Phi) is 9.23. The number of halogens is 1. The summed E-state index contributed by atoms with van der Waals surface area (Å²) in [7, 11) is 3.43. The minimum atomic E-state index is -0.269. The normalized spacial score (nSPS) is 44.4. The molecular formula is C25H43ClN6O4S. The first-order valence-corrected chi connectivity index (χ1v) is 15.2. The lowest BCUT2D eigenvalue weighted by Crippen LogP contribution is -2.58. The van der Waals surface area contributed by atoms with Crippen LogP contribution in [0.2, 0.25) is 0 Å². The molecular weight excluding hydrogens is 516 g/mol. The van der Waals surface area contributed by atoms with Gasteiger partial charge in [-0.25, -0.2) is 0 Å². The van der Waals surface area contributed by atoms with Crippen molar-refractivity contribution in [3.63, 3.8) is 0 Å². The predicted molar refractivity (Wildman–Crippen MR) is 144 cm³/mol. The molecule has 37 heavy (non-hydrogen) atoms. The van der Waals surface area contributed by atoms with E-state index >= 15 is 0 Å². The first-order chi connectivity index (χ1) is 17.9. The quantitative estimate of drug-likeness (QED) is 0.225. The topological polar surface area (TPSA) is 116 Å². The van der Waals surface area contributed by atoms with Crippen molar-refractivity contribution in [3.05, 3.63) is 0 Å². The number of nitrogens with one attached hydrogen (secondary N) is 5. The van der Waals surface area contributed by atoms with Gasteiger partial charge in [-0.1, -0.05) is 0 Å². The van der Waals surface area contributed by atoms with Gasteiger partial charge in [-0.05, 0) is 51.0 Å². The summed E-state index contributed by atoms with van der Waals surface area (Å²) in [5.74, 6) is 0.518. The molecule has 0 radical (unpaired) electrons. The Hall–Kier alpha value is -0.660. The Morgan fingerprint density at radius 1 is 1.03 bits per heavy atom. The van der Waals surface area contributed by atoms with E-state index in [1.165, 1.54) is 0 Å². The molecule has 5 saturated heterocycles. The maximum Gasteiger partial charge on any atom is 0.242 e. The summed E-state index contributed by atoms with van der Waals surface area (Å²) in [6.45, 7) is 5.75. The number of rotatable bonds is 6. The number of carbonyl (C=O) groups is 2. The van der Waals surface area contributed by atoms with Crippen LogP contribution in [0.3, 0.4) is 0 Å². The average Bonchev–Trinajstić information content (AvgIpc) is 3.47. The van der Waals surface area contributed by atoms with Gasteiger partial charge in [0.25, 0.3) is 0 Å². The van der Waals surface area contributed by atoms with Gasteiger partial charge >= 0.3 is 0 Å². The molecule has 5 fully saturated rings. The van der Waals surface area contributed by atoms with E-state index in [1.807, 2.05) is 4.90 Å². The number of ether oxygens (including phenoxy) is 2. The second-order valence-corrected chi connectivity index (χ2v) is 13.2. The lowest BCUT2D eigenvalue weighted by molar-refractivity contribution is -0.137. The molecule has 5 aliphatic rings. The Bertz CT molecular complexity index is 814. The van der Waals surface area contributed by atoms with E-state index in [4.69, 9.17) is 21.1 Å². The van der Waals surface area contributed by atoms with Crippen molar-refractivity contribution in [1.29, 1.82) is 0 Å². The molecule has 5 heterocycles. The summed E-state index contributed by atoms with van der Waals surface area (Å²) in [6.07, 6.45) is 3.65. The fraction of sp³-hybridized carbons (Fsp3) is 0.920. The Morgan fingerprint density at radius 2 is 1.84 bits per heavy atom. The number of alkyl halides is 1. The molecule has 11 atom stereocenters. The van der Waals surface area contributed by atoms with E-state index < -0.39 is 0 Å². The van der Waals surface area contributed by atoms with Crippen molar-refractivity contribution >= 4 is 35.2 Å². The van der Waals surface area contributed by atoms with Crippen molar-refractivity contribution in [1.82, 2.24) is 31.5 Å². The summed E-state index contributed by atoms with van der Waals surface area (Å²) in [6, 6.07) is 0.256. The van der Waals surface area contributed by atoms with Crippen molar-refractivity contribution in [2.24, 2.45) is 17.8 Å². The lowest BCUT2D eigenvalue weighted by atomic mass is 9.70. The van der Waals surface area contributed by atoms with Crippen LogP contribution >= 0.6 is 23.4 Å². The number of hydrogen-bond acceptors (Lipinski definition) is 9. The van der Waals surface area contributed by atoms with Crippen molar-refractivity contribution in [3.8, 4) is 0 Å². The molecule has 0 aromatic carbocycles. The summed E-state index contributed by atoms with van der Waals surface area (Å²) >= 11 is 8.20. The number of hydrogen-bond donors (Lipinski definition) is 5. The number of methoxy groups -OCH3 is 2. The van der Waals surface area contributed by atoms with Gasteiger partial charge in [0.2, 0.25) is 11.8 Å². The fourth-order valence-electron chi connectivity index (χ4n) is 7.00. The Balaban J connectivity index is 1.16. The van der Waals surface area contributed by atoms with Gasteiger partial charge in [-0.3, -0.25) is 20.2 Å². The van der Waals surface area contributed by atoms with E-state index in [0.717, 1.165) is 32.2 Å². The molecule has 210 valence electrons. The SMILES string of the molecule is COC1CCCNC1C(=O)N1CC2NC(NC(=O)C3CNC(C)CC3C3CC(Cl)NCC3OC)SC2C1. The largest absolute Gasteiger partial charge is 0.380 e. The minimum absolute atomic E-state index is 0.0545. The van der Waals surface area contributed by atoms with Crippen LogP contribution in [-0.2, 0) is 19.1 Å². The number of thioether (sulfide) groups is 1. The third kappa shape index (κ3) is 6.09. The van der Waals surface area contributed by atoms with Crippen LogP contribution in [-0.4, -0.2) is 110 Å². The summed E-state index contributed by atoms with van der Waals surface area (Å²) in [5.41, 5.74) is -0.239. The van der Waals surface area contributed by atoms with Crippen LogP contribution in [0.25, 0.3) is 0 Å². The highest BCUT2D eigenvalue weighted by atomic mass is 35.5. The molecule has 0 saturated carbocycles. The van der Waals surface area contributed by atoms with Crippen molar-refractivity contribution < 1.29 is 19.1 Å². The van der Waals surface area contributed by atoms with E-state index in [0.29, 0.717) is 32.2 Å². The van der Waals surface area contributed by atoms with Crippen LogP contribution in [0.15, 0.2) is 0 Å². The molecule has 5 rings (SSSR count). The highest BCUT2D eigenvalue weighted by molar-refractivity contribution is 8.00. The number of likely N-dealkylation sites (tertiary alicyclic amines) is 1. The number of piperidine rings is 3. The molecule has 5 N–H and O–H groups in total. The number of carbonyl (C=O) groups excluding carboxylic acids is 2. The highest BCUT2D eigenvalue weighted by Crippen LogP contribution is 2.38. The molecule has 5 aliphatic heterocycles. The fourth-order valence-corrected chi connectivity index (χ4v) is 8.70. The van der Waals surface area contributed by atoms with Gasteiger partial charge in [0, 0.05) is 57.7 Å². The van der Waals surface area contributed by atoms with Gasteiger partial charge in [-0.2, -0.15) is 0 Å². The summed E-state index contributed by atoms with van der Waals surface area (Å²) in [4.78, 5) is 28.7. The molecule has 12 heteroatoms. The summed E-state index contributed by atoms with van der Waals surface area (Å²) in [5, 5.41) is 17.3. The zero-order valence-electron chi connectivity index (χ0n) is 22.1. The molecule has 0 aliphatic carbocycles. The molecule has 0 spiro atoms. The third-order valence-electron chi connectivity index (χ3n) is 9.01. The zero-order valence-corrected chi connectivity index (χ0v) is 23.7. The second-order valence-electron chi connectivity index (χ2n) is 11.3. The van der Waals surface area contributed by atoms with Crippen LogP contribution in [0, 0.1) is 17.8 Å². The summed E-state index contributed by atoms with van der Waals surface area (Å²) < 4.78 is 11.4. The first-order valence-electron chi connectivity index (χ1n) is 13.8. The van der Waals surface area contributed by atoms with Crippen molar-refractivity contribution in [2.45, 2.75) is 79.2 Å². The Morgan fingerprint density at radius 3 is 2.59 bits per heavy atom. The third-order valence-corrected chi connectivity index (χ3v) is 10.7. The van der Waals surface area contributed by atoms with Crippen molar-refractivity contribution in [2.75, 3.05) is 46.9 Å². The number of fused-ring (bicyclic) bond motifs is 1. The highest BCUT2D eigenvalue weighted by Gasteiger charge is 2.48. The van der Waals surface area contributed by atoms with Gasteiger partial charge in [0.1, 0.15) is 11.5 Å². The molecule has 0 aromatic heterocycles. The predicted octanol–water partition coefficient (Wildman–Crippen LogP) is -0.127. The second kappa shape index (κ2) is 12.2. The van der Waals surface area contributed by atoms with Gasteiger partial charge < -0.3 is 30.3 Å². The molecule has 10 nitrogen and oxygen atoms in total. The van der Waals surface area contributed by atoms with E-state index in [2.05, 4.69) is 33.5 Å².